The molecule has 0 unspecified atom stereocenters. The molecule has 0 bridgehead atoms. The van der Waals surface area contributed by atoms with Gasteiger partial charge in [-0.25, -0.2) is 4.68 Å². The van der Waals surface area contributed by atoms with Crippen LogP contribution in [0.3, 0.4) is 0 Å². The first-order chi connectivity index (χ1) is 14.5. The van der Waals surface area contributed by atoms with Crippen LogP contribution < -0.4 is 20.3 Å². The average molecular weight is 405 g/mol. The van der Waals surface area contributed by atoms with Gasteiger partial charge in [-0.2, -0.15) is 5.10 Å². The van der Waals surface area contributed by atoms with Gasteiger partial charge < -0.3 is 14.8 Å². The molecule has 0 spiro atoms. The number of nitrogens with zero attached hydrogens (tertiary/aromatic N) is 2. The number of carbonyl (C=O) groups excluding carboxylic acids is 2. The lowest BCUT2D eigenvalue weighted by atomic mass is 10.1. The van der Waals surface area contributed by atoms with Gasteiger partial charge in [0.1, 0.15) is 19.8 Å². The summed E-state index contributed by atoms with van der Waals surface area (Å²) in [5.41, 5.74) is 1.97. The molecule has 0 aliphatic carbocycles. The molecule has 8 nitrogen and oxygen atoms in total. The topological polar surface area (TPSA) is 99.5 Å². The summed E-state index contributed by atoms with van der Waals surface area (Å²) in [7, 11) is 0. The van der Waals surface area contributed by atoms with Gasteiger partial charge in [0, 0.05) is 22.9 Å². The maximum Gasteiger partial charge on any atom is 0.267 e. The molecule has 1 aromatic heterocycles. The van der Waals surface area contributed by atoms with Crippen molar-refractivity contribution in [1.82, 2.24) is 9.78 Å². The molecule has 0 saturated heterocycles. The van der Waals surface area contributed by atoms with E-state index in [2.05, 4.69) is 10.4 Å². The van der Waals surface area contributed by atoms with Crippen molar-refractivity contribution in [1.29, 1.82) is 0 Å². The molecular weight excluding hydrogens is 386 g/mol. The summed E-state index contributed by atoms with van der Waals surface area (Å²) in [6.45, 7) is 2.20. The number of benzene rings is 2. The molecule has 0 atom stereocenters. The van der Waals surface area contributed by atoms with Crippen molar-refractivity contribution >= 4 is 17.4 Å². The molecule has 0 radical (unpaired) electrons. The predicted molar refractivity (Wildman–Crippen MR) is 110 cm³/mol. The van der Waals surface area contributed by atoms with E-state index in [4.69, 9.17) is 9.47 Å². The molecule has 2 heterocycles. The molecule has 1 N–H and O–H groups in total. The Kier molecular flexibility index (Phi) is 5.30. The zero-order chi connectivity index (χ0) is 21.1. The van der Waals surface area contributed by atoms with Gasteiger partial charge in [-0.3, -0.25) is 14.4 Å². The van der Waals surface area contributed by atoms with Crippen molar-refractivity contribution in [2.24, 2.45) is 0 Å². The number of anilines is 1. The Balaban J connectivity index is 1.51. The normalized spacial score (nSPS) is 12.3. The predicted octanol–water partition coefficient (Wildman–Crippen LogP) is 2.52. The zero-order valence-corrected chi connectivity index (χ0v) is 16.3. The van der Waals surface area contributed by atoms with Crippen molar-refractivity contribution < 1.29 is 19.1 Å². The molecule has 30 heavy (non-hydrogen) atoms. The van der Waals surface area contributed by atoms with Gasteiger partial charge in [0.05, 0.1) is 5.69 Å². The lowest BCUT2D eigenvalue weighted by Gasteiger charge is -2.18. The summed E-state index contributed by atoms with van der Waals surface area (Å²) < 4.78 is 12.2. The van der Waals surface area contributed by atoms with Gasteiger partial charge in [-0.05, 0) is 55.5 Å². The average Bonchev–Trinajstić information content (AvgIpc) is 2.75. The van der Waals surface area contributed by atoms with Crippen molar-refractivity contribution in [3.63, 3.8) is 0 Å². The summed E-state index contributed by atoms with van der Waals surface area (Å²) in [6.07, 6.45) is 0. The number of ketones is 1. The SMILES string of the molecule is CC(=O)c1ccc(NC(=O)Cn2nc(-c3ccc4c(c3)OCCO4)ccc2=O)cc1. The maximum atomic E-state index is 12.4. The minimum atomic E-state index is -0.403. The number of ether oxygens (including phenoxy) is 2. The third-order valence-corrected chi connectivity index (χ3v) is 4.57. The Morgan fingerprint density at radius 2 is 1.73 bits per heavy atom. The van der Waals surface area contributed by atoms with E-state index in [-0.39, 0.29) is 12.3 Å². The number of fused-ring (bicyclic) bond motifs is 1. The van der Waals surface area contributed by atoms with Crippen LogP contribution in [0.25, 0.3) is 11.3 Å². The molecule has 0 saturated carbocycles. The quantitative estimate of drug-likeness (QED) is 0.655. The third kappa shape index (κ3) is 4.22. The zero-order valence-electron chi connectivity index (χ0n) is 16.3. The molecule has 4 rings (SSSR count). The highest BCUT2D eigenvalue weighted by Gasteiger charge is 2.14. The molecule has 1 amide bonds. The second-order valence-corrected chi connectivity index (χ2v) is 6.75. The number of aromatic nitrogens is 2. The number of amides is 1. The fraction of sp³-hybridized carbons (Fsp3) is 0.182. The number of carbonyl (C=O) groups is 2. The number of rotatable bonds is 5. The maximum absolute atomic E-state index is 12.4. The van der Waals surface area contributed by atoms with Crippen LogP contribution >= 0.6 is 0 Å². The molecule has 3 aromatic rings. The highest BCUT2D eigenvalue weighted by atomic mass is 16.6. The van der Waals surface area contributed by atoms with Gasteiger partial charge in [-0.15, -0.1) is 0 Å². The molecule has 152 valence electrons. The van der Waals surface area contributed by atoms with Crippen molar-refractivity contribution in [2.75, 3.05) is 18.5 Å². The standard InChI is InChI=1S/C22H19N3O5/c1-14(26)15-2-5-17(6-3-15)23-21(27)13-25-22(28)9-7-18(24-25)16-4-8-19-20(12-16)30-11-10-29-19/h2-9,12H,10-11,13H2,1H3,(H,23,27). The van der Waals surface area contributed by atoms with E-state index in [9.17, 15) is 14.4 Å². The van der Waals surface area contributed by atoms with Crippen LogP contribution in [-0.4, -0.2) is 34.7 Å². The van der Waals surface area contributed by atoms with E-state index >= 15 is 0 Å². The van der Waals surface area contributed by atoms with E-state index < -0.39 is 11.5 Å². The van der Waals surface area contributed by atoms with E-state index in [1.165, 1.54) is 13.0 Å². The summed E-state index contributed by atoms with van der Waals surface area (Å²) in [5, 5.41) is 7.01. The molecule has 1 aliphatic heterocycles. The highest BCUT2D eigenvalue weighted by Crippen LogP contribution is 2.33. The van der Waals surface area contributed by atoms with Crippen LogP contribution in [0.1, 0.15) is 17.3 Å². The largest absolute Gasteiger partial charge is 0.486 e. The molecule has 0 fully saturated rings. The van der Waals surface area contributed by atoms with Crippen molar-refractivity contribution in [3.05, 3.63) is 70.5 Å². The van der Waals surface area contributed by atoms with Crippen LogP contribution in [0.2, 0.25) is 0 Å². The highest BCUT2D eigenvalue weighted by molar-refractivity contribution is 5.95. The van der Waals surface area contributed by atoms with Crippen molar-refractivity contribution in [2.45, 2.75) is 13.5 Å². The Hall–Kier alpha value is -3.94. The second-order valence-electron chi connectivity index (χ2n) is 6.75. The van der Waals surface area contributed by atoms with Crippen molar-refractivity contribution in [3.8, 4) is 22.8 Å². The molecular formula is C22H19N3O5. The van der Waals surface area contributed by atoms with Crippen LogP contribution in [-0.2, 0) is 11.3 Å². The summed E-state index contributed by atoms with van der Waals surface area (Å²) in [4.78, 5) is 35.9. The first kappa shape index (κ1) is 19.4. The smallest absolute Gasteiger partial charge is 0.267 e. The Labute approximate surface area is 172 Å². The Morgan fingerprint density at radius 3 is 2.47 bits per heavy atom. The van der Waals surface area contributed by atoms with Gasteiger partial charge in [0.25, 0.3) is 5.56 Å². The number of hydrogen-bond acceptors (Lipinski definition) is 6. The number of hydrogen-bond donors (Lipinski definition) is 1. The van der Waals surface area contributed by atoms with Gasteiger partial charge in [0.2, 0.25) is 5.91 Å². The summed E-state index contributed by atoms with van der Waals surface area (Å²) in [5.74, 6) is 0.817. The number of nitrogens with one attached hydrogen (secondary N) is 1. The fourth-order valence-corrected chi connectivity index (χ4v) is 3.04. The third-order valence-electron chi connectivity index (χ3n) is 4.57. The van der Waals surface area contributed by atoms with Crippen LogP contribution in [0.5, 0.6) is 11.5 Å². The van der Waals surface area contributed by atoms with Gasteiger partial charge >= 0.3 is 0 Å². The molecule has 2 aromatic carbocycles. The lowest BCUT2D eigenvalue weighted by Crippen LogP contribution is -2.29. The van der Waals surface area contributed by atoms with E-state index in [1.54, 1.807) is 42.5 Å². The monoisotopic (exact) mass is 405 g/mol. The van der Waals surface area contributed by atoms with Gasteiger partial charge in [0.15, 0.2) is 17.3 Å². The minimum Gasteiger partial charge on any atom is -0.486 e. The first-order valence-corrected chi connectivity index (χ1v) is 9.39. The van der Waals surface area contributed by atoms with Crippen LogP contribution in [0.4, 0.5) is 5.69 Å². The summed E-state index contributed by atoms with van der Waals surface area (Å²) >= 11 is 0. The fourth-order valence-electron chi connectivity index (χ4n) is 3.04. The van der Waals surface area contributed by atoms with Crippen LogP contribution in [0, 0.1) is 0 Å². The Morgan fingerprint density at radius 1 is 1.00 bits per heavy atom. The minimum absolute atomic E-state index is 0.0559. The lowest BCUT2D eigenvalue weighted by molar-refractivity contribution is -0.117. The molecule has 8 heteroatoms. The van der Waals surface area contributed by atoms with Gasteiger partial charge in [-0.1, -0.05) is 0 Å². The van der Waals surface area contributed by atoms with E-state index in [0.29, 0.717) is 41.7 Å². The Bertz CT molecular complexity index is 1170. The van der Waals surface area contributed by atoms with Crippen LogP contribution in [0.15, 0.2) is 59.4 Å². The van der Waals surface area contributed by atoms with E-state index in [1.807, 2.05) is 6.07 Å². The second kappa shape index (κ2) is 8.20. The summed E-state index contributed by atoms with van der Waals surface area (Å²) in [6, 6.07) is 14.9. The van der Waals surface area contributed by atoms with E-state index in [0.717, 1.165) is 10.2 Å². The first-order valence-electron chi connectivity index (χ1n) is 9.39. The molecule has 1 aliphatic rings. The number of Topliss-reactive ketones (excluding diaryl/α,β-unsaturated/α-hetero) is 1.